The van der Waals surface area contributed by atoms with Crippen molar-refractivity contribution in [2.75, 3.05) is 5.32 Å². The molecule has 3 rings (SSSR count). The maximum atomic E-state index is 12.0. The topological polar surface area (TPSA) is 70.7 Å². The average molecular weight is 297 g/mol. The standard InChI is InChI=1S/C12H10Cl2N4O/c13-9-3-1-2-6(10(9)14)7-4-8(7)11(19)17-12-15-5-16-18-12/h1-3,5,7-8H,4H2,(H2,15,16,17,18,19)/t7-,8+/m1/s1. The Bertz CT molecular complexity index is 614. The van der Waals surface area contributed by atoms with Crippen LogP contribution in [0.1, 0.15) is 17.9 Å². The van der Waals surface area contributed by atoms with Gasteiger partial charge >= 0.3 is 0 Å². The first-order valence-electron chi connectivity index (χ1n) is 5.77. The van der Waals surface area contributed by atoms with Crippen molar-refractivity contribution in [1.82, 2.24) is 15.2 Å². The number of nitrogens with zero attached hydrogens (tertiary/aromatic N) is 2. The van der Waals surface area contributed by atoms with Gasteiger partial charge in [0.25, 0.3) is 0 Å². The molecule has 0 bridgehead atoms. The Hall–Kier alpha value is -1.59. The smallest absolute Gasteiger partial charge is 0.230 e. The molecule has 1 amide bonds. The van der Waals surface area contributed by atoms with E-state index in [9.17, 15) is 4.79 Å². The fourth-order valence-electron chi connectivity index (χ4n) is 2.11. The second kappa shape index (κ2) is 4.83. The molecule has 1 aliphatic rings. The van der Waals surface area contributed by atoms with Gasteiger partial charge in [0, 0.05) is 5.92 Å². The van der Waals surface area contributed by atoms with E-state index >= 15 is 0 Å². The highest BCUT2D eigenvalue weighted by Gasteiger charge is 2.45. The molecule has 1 aromatic carbocycles. The Morgan fingerprint density at radius 3 is 3.00 bits per heavy atom. The third-order valence-electron chi connectivity index (χ3n) is 3.16. The molecule has 1 saturated carbocycles. The average Bonchev–Trinajstić information content (AvgIpc) is 3.03. The maximum Gasteiger partial charge on any atom is 0.230 e. The van der Waals surface area contributed by atoms with Gasteiger partial charge in [-0.15, -0.1) is 0 Å². The van der Waals surface area contributed by atoms with E-state index in [-0.39, 0.29) is 17.7 Å². The number of aromatic amines is 1. The second-order valence-electron chi connectivity index (χ2n) is 4.42. The minimum absolute atomic E-state index is 0.0854. The van der Waals surface area contributed by atoms with Gasteiger partial charge in [0.2, 0.25) is 11.9 Å². The normalized spacial score (nSPS) is 21.2. The number of rotatable bonds is 3. The lowest BCUT2D eigenvalue weighted by Gasteiger charge is -2.05. The number of amides is 1. The molecule has 1 aromatic heterocycles. The zero-order chi connectivity index (χ0) is 13.4. The number of nitrogens with one attached hydrogen (secondary N) is 2. The number of carbonyl (C=O) groups is 1. The lowest BCUT2D eigenvalue weighted by molar-refractivity contribution is -0.117. The van der Waals surface area contributed by atoms with Crippen molar-refractivity contribution in [1.29, 1.82) is 0 Å². The third kappa shape index (κ3) is 2.43. The van der Waals surface area contributed by atoms with E-state index in [1.165, 1.54) is 6.33 Å². The zero-order valence-corrected chi connectivity index (χ0v) is 11.2. The van der Waals surface area contributed by atoms with Crippen LogP contribution in [0.2, 0.25) is 10.0 Å². The van der Waals surface area contributed by atoms with Crippen molar-refractivity contribution < 1.29 is 4.79 Å². The number of halogens is 2. The number of aromatic nitrogens is 3. The Labute approximate surface area is 119 Å². The number of benzene rings is 1. The number of H-pyrrole nitrogens is 1. The highest BCUT2D eigenvalue weighted by Crippen LogP contribution is 2.50. The van der Waals surface area contributed by atoms with E-state index in [2.05, 4.69) is 20.5 Å². The first-order valence-corrected chi connectivity index (χ1v) is 6.52. The Balaban J connectivity index is 1.70. The van der Waals surface area contributed by atoms with Crippen LogP contribution in [0.5, 0.6) is 0 Å². The van der Waals surface area contributed by atoms with Crippen molar-refractivity contribution >= 4 is 35.1 Å². The van der Waals surface area contributed by atoms with Gasteiger partial charge in [-0.25, -0.2) is 5.10 Å². The molecule has 19 heavy (non-hydrogen) atoms. The van der Waals surface area contributed by atoms with E-state index < -0.39 is 0 Å². The second-order valence-corrected chi connectivity index (χ2v) is 5.20. The summed E-state index contributed by atoms with van der Waals surface area (Å²) in [6.45, 7) is 0. The molecule has 0 aliphatic heterocycles. The molecular weight excluding hydrogens is 287 g/mol. The first-order chi connectivity index (χ1) is 9.16. The quantitative estimate of drug-likeness (QED) is 0.915. The predicted molar refractivity (Wildman–Crippen MR) is 72.3 cm³/mol. The van der Waals surface area contributed by atoms with Crippen LogP contribution in [0.3, 0.4) is 0 Å². The van der Waals surface area contributed by atoms with E-state index in [0.717, 1.165) is 12.0 Å². The lowest BCUT2D eigenvalue weighted by atomic mass is 10.1. The summed E-state index contributed by atoms with van der Waals surface area (Å²) in [5, 5.41) is 9.97. The van der Waals surface area contributed by atoms with Crippen LogP contribution in [0, 0.1) is 5.92 Å². The third-order valence-corrected chi connectivity index (χ3v) is 4.00. The molecule has 98 valence electrons. The molecule has 5 nitrogen and oxygen atoms in total. The summed E-state index contributed by atoms with van der Waals surface area (Å²) in [5.41, 5.74) is 0.923. The van der Waals surface area contributed by atoms with Crippen molar-refractivity contribution in [3.8, 4) is 0 Å². The largest absolute Gasteiger partial charge is 0.295 e. The molecule has 2 aromatic rings. The Morgan fingerprint density at radius 1 is 1.42 bits per heavy atom. The zero-order valence-electron chi connectivity index (χ0n) is 9.73. The van der Waals surface area contributed by atoms with Crippen molar-refractivity contribution in [3.05, 3.63) is 40.1 Å². The monoisotopic (exact) mass is 296 g/mol. The van der Waals surface area contributed by atoms with Crippen LogP contribution < -0.4 is 5.32 Å². The van der Waals surface area contributed by atoms with Crippen LogP contribution in [-0.4, -0.2) is 21.1 Å². The van der Waals surface area contributed by atoms with Gasteiger partial charge in [0.15, 0.2) is 0 Å². The fourth-order valence-corrected chi connectivity index (χ4v) is 2.56. The summed E-state index contributed by atoms with van der Waals surface area (Å²) in [5.74, 6) is 0.292. The maximum absolute atomic E-state index is 12.0. The van der Waals surface area contributed by atoms with E-state index in [1.54, 1.807) is 6.07 Å². The Morgan fingerprint density at radius 2 is 2.26 bits per heavy atom. The number of carbonyl (C=O) groups excluding carboxylic acids is 1. The van der Waals surface area contributed by atoms with Gasteiger partial charge < -0.3 is 0 Å². The van der Waals surface area contributed by atoms with Gasteiger partial charge in [-0.3, -0.25) is 10.1 Å². The number of anilines is 1. The first kappa shape index (κ1) is 12.4. The molecular formula is C12H10Cl2N4O. The van der Waals surface area contributed by atoms with Gasteiger partial charge in [0.1, 0.15) is 6.33 Å². The van der Waals surface area contributed by atoms with E-state index in [0.29, 0.717) is 16.0 Å². The van der Waals surface area contributed by atoms with E-state index in [1.807, 2.05) is 12.1 Å². The van der Waals surface area contributed by atoms with E-state index in [4.69, 9.17) is 23.2 Å². The summed E-state index contributed by atoms with van der Waals surface area (Å²) in [6.07, 6.45) is 2.11. The molecule has 1 aliphatic carbocycles. The van der Waals surface area contributed by atoms with Gasteiger partial charge in [0.05, 0.1) is 10.0 Å². The molecule has 0 saturated heterocycles. The highest BCUT2D eigenvalue weighted by atomic mass is 35.5. The van der Waals surface area contributed by atoms with Crippen molar-refractivity contribution in [3.63, 3.8) is 0 Å². The number of hydrogen-bond acceptors (Lipinski definition) is 3. The molecule has 0 unspecified atom stereocenters. The van der Waals surface area contributed by atoms with Crippen LogP contribution in [0.25, 0.3) is 0 Å². The van der Waals surface area contributed by atoms with Crippen LogP contribution in [-0.2, 0) is 4.79 Å². The van der Waals surface area contributed by atoms with Gasteiger partial charge in [-0.1, -0.05) is 35.3 Å². The van der Waals surface area contributed by atoms with Crippen LogP contribution in [0.4, 0.5) is 5.95 Å². The summed E-state index contributed by atoms with van der Waals surface area (Å²) in [6, 6.07) is 5.48. The molecule has 1 heterocycles. The minimum Gasteiger partial charge on any atom is -0.295 e. The molecule has 2 N–H and O–H groups in total. The lowest BCUT2D eigenvalue weighted by Crippen LogP contribution is -2.15. The SMILES string of the molecule is O=C(Nc1ncn[nH]1)[C@H]1C[C@@H]1c1cccc(Cl)c1Cl. The Kier molecular flexibility index (Phi) is 3.16. The fraction of sp³-hybridized carbons (Fsp3) is 0.250. The van der Waals surface area contributed by atoms with Crippen molar-refractivity contribution in [2.24, 2.45) is 5.92 Å². The van der Waals surface area contributed by atoms with Crippen LogP contribution in [0.15, 0.2) is 24.5 Å². The van der Waals surface area contributed by atoms with Crippen LogP contribution >= 0.6 is 23.2 Å². The van der Waals surface area contributed by atoms with Gasteiger partial charge in [-0.2, -0.15) is 10.1 Å². The summed E-state index contributed by atoms with van der Waals surface area (Å²) < 4.78 is 0. The molecule has 7 heteroatoms. The molecule has 0 spiro atoms. The number of hydrogen-bond donors (Lipinski definition) is 2. The summed E-state index contributed by atoms with van der Waals surface area (Å²) >= 11 is 12.1. The molecule has 2 atom stereocenters. The van der Waals surface area contributed by atoms with Crippen molar-refractivity contribution in [2.45, 2.75) is 12.3 Å². The molecule has 1 fully saturated rings. The highest BCUT2D eigenvalue weighted by molar-refractivity contribution is 6.42. The molecule has 0 radical (unpaired) electrons. The minimum atomic E-state index is -0.0962. The summed E-state index contributed by atoms with van der Waals surface area (Å²) in [7, 11) is 0. The van der Waals surface area contributed by atoms with Gasteiger partial charge in [-0.05, 0) is 24.0 Å². The predicted octanol–water partition coefficient (Wildman–Crippen LogP) is 2.85. The summed E-state index contributed by atoms with van der Waals surface area (Å²) in [4.78, 5) is 15.8.